The predicted octanol–water partition coefficient (Wildman–Crippen LogP) is 5.40. The maximum Gasteiger partial charge on any atom is 0.220 e. The van der Waals surface area contributed by atoms with E-state index in [2.05, 4.69) is 5.16 Å². The first-order valence-electron chi connectivity index (χ1n) is 8.17. The summed E-state index contributed by atoms with van der Waals surface area (Å²) in [6, 6.07) is 11.9. The number of oxime groups is 1. The van der Waals surface area contributed by atoms with Crippen molar-refractivity contribution in [3.8, 4) is 11.1 Å². The van der Waals surface area contributed by atoms with Crippen LogP contribution in [0.25, 0.3) is 11.1 Å². The van der Waals surface area contributed by atoms with E-state index >= 15 is 0 Å². The first-order valence-corrected chi connectivity index (χ1v) is 9.05. The SMILES string of the molecule is O=C(C(CC1CCCCC1)=NO)c1cc(-c2ccccc2)cs1. The van der Waals surface area contributed by atoms with E-state index in [4.69, 9.17) is 0 Å². The van der Waals surface area contributed by atoms with Crippen LogP contribution in [-0.2, 0) is 0 Å². The summed E-state index contributed by atoms with van der Waals surface area (Å²) in [5.41, 5.74) is 2.44. The zero-order valence-corrected chi connectivity index (χ0v) is 13.9. The molecular weight excluding hydrogens is 306 g/mol. The number of thiophene rings is 1. The number of rotatable bonds is 5. The Morgan fingerprint density at radius 3 is 2.57 bits per heavy atom. The van der Waals surface area contributed by atoms with Gasteiger partial charge in [0.1, 0.15) is 5.71 Å². The lowest BCUT2D eigenvalue weighted by Crippen LogP contribution is -2.19. The molecule has 3 rings (SSSR count). The van der Waals surface area contributed by atoms with Crippen LogP contribution >= 0.6 is 11.3 Å². The summed E-state index contributed by atoms with van der Waals surface area (Å²) < 4.78 is 0. The van der Waals surface area contributed by atoms with Crippen LogP contribution in [0.5, 0.6) is 0 Å². The molecule has 4 heteroatoms. The molecule has 1 N–H and O–H groups in total. The normalized spacial score (nSPS) is 16.4. The van der Waals surface area contributed by atoms with Gasteiger partial charge < -0.3 is 5.21 Å². The van der Waals surface area contributed by atoms with E-state index < -0.39 is 0 Å². The summed E-state index contributed by atoms with van der Waals surface area (Å²) in [6.45, 7) is 0. The standard InChI is InChI=1S/C19H21NO2S/c21-19(17(20-22)11-14-7-3-1-4-8-14)18-12-16(13-23-18)15-9-5-2-6-10-15/h2,5-6,9-10,12-14,22H,1,3-4,7-8,11H2. The fourth-order valence-electron chi connectivity index (χ4n) is 3.22. The first-order chi connectivity index (χ1) is 11.3. The van der Waals surface area contributed by atoms with Gasteiger partial charge in [-0.1, -0.05) is 67.6 Å². The highest BCUT2D eigenvalue weighted by molar-refractivity contribution is 7.13. The van der Waals surface area contributed by atoms with E-state index in [9.17, 15) is 10.0 Å². The average Bonchev–Trinajstić information content (AvgIpc) is 3.11. The molecule has 1 aliphatic rings. The highest BCUT2D eigenvalue weighted by Gasteiger charge is 2.23. The Labute approximate surface area is 140 Å². The molecule has 0 saturated heterocycles. The Hall–Kier alpha value is -1.94. The van der Waals surface area contributed by atoms with Crippen LogP contribution in [-0.4, -0.2) is 16.7 Å². The molecule has 3 nitrogen and oxygen atoms in total. The van der Waals surface area contributed by atoms with Crippen LogP contribution in [0.3, 0.4) is 0 Å². The Bertz CT molecular complexity index is 684. The number of carbonyl (C=O) groups excluding carboxylic acids is 1. The number of benzene rings is 1. The minimum atomic E-state index is -0.134. The molecule has 0 atom stereocenters. The van der Waals surface area contributed by atoms with Crippen LogP contribution < -0.4 is 0 Å². The maximum absolute atomic E-state index is 12.6. The molecule has 0 radical (unpaired) electrons. The molecule has 1 aliphatic carbocycles. The van der Waals surface area contributed by atoms with E-state index in [1.54, 1.807) is 0 Å². The van der Waals surface area contributed by atoms with Crippen LogP contribution in [0, 0.1) is 5.92 Å². The molecule has 0 spiro atoms. The highest BCUT2D eigenvalue weighted by atomic mass is 32.1. The Morgan fingerprint density at radius 2 is 1.87 bits per heavy atom. The van der Waals surface area contributed by atoms with Crippen molar-refractivity contribution >= 4 is 22.8 Å². The fraction of sp³-hybridized carbons (Fsp3) is 0.368. The monoisotopic (exact) mass is 327 g/mol. The second kappa shape index (κ2) is 7.55. The number of hydrogen-bond acceptors (Lipinski definition) is 4. The summed E-state index contributed by atoms with van der Waals surface area (Å²) in [6.07, 6.45) is 6.57. The van der Waals surface area contributed by atoms with Crippen molar-refractivity contribution in [1.29, 1.82) is 0 Å². The van der Waals surface area contributed by atoms with Crippen molar-refractivity contribution in [2.24, 2.45) is 11.1 Å². The molecule has 0 amide bonds. The molecule has 23 heavy (non-hydrogen) atoms. The zero-order chi connectivity index (χ0) is 16.1. The summed E-state index contributed by atoms with van der Waals surface area (Å²) in [5, 5.41) is 14.6. The number of Topliss-reactive ketones (excluding diaryl/α,β-unsaturated/α-hetero) is 1. The third-order valence-electron chi connectivity index (χ3n) is 4.52. The fourth-order valence-corrected chi connectivity index (χ4v) is 4.10. The number of hydrogen-bond donors (Lipinski definition) is 1. The van der Waals surface area contributed by atoms with Gasteiger partial charge in [0.25, 0.3) is 0 Å². The Morgan fingerprint density at radius 1 is 1.13 bits per heavy atom. The molecule has 2 aromatic rings. The summed E-state index contributed by atoms with van der Waals surface area (Å²) in [4.78, 5) is 13.3. The predicted molar refractivity (Wildman–Crippen MR) is 94.5 cm³/mol. The van der Waals surface area contributed by atoms with E-state index in [1.165, 1.54) is 30.6 Å². The van der Waals surface area contributed by atoms with Crippen molar-refractivity contribution in [2.45, 2.75) is 38.5 Å². The summed E-state index contributed by atoms with van der Waals surface area (Å²) >= 11 is 1.42. The van der Waals surface area contributed by atoms with Crippen molar-refractivity contribution in [1.82, 2.24) is 0 Å². The van der Waals surface area contributed by atoms with Gasteiger partial charge in [-0.05, 0) is 34.9 Å². The second-order valence-corrected chi connectivity index (χ2v) is 7.06. The lowest BCUT2D eigenvalue weighted by atomic mass is 9.85. The van der Waals surface area contributed by atoms with E-state index in [1.807, 2.05) is 41.8 Å². The summed E-state index contributed by atoms with van der Waals surface area (Å²) in [5.74, 6) is 0.345. The van der Waals surface area contributed by atoms with Gasteiger partial charge in [0.15, 0.2) is 0 Å². The van der Waals surface area contributed by atoms with E-state index in [0.717, 1.165) is 24.0 Å². The van der Waals surface area contributed by atoms with Gasteiger partial charge in [-0.3, -0.25) is 4.79 Å². The minimum Gasteiger partial charge on any atom is -0.411 e. The Balaban J connectivity index is 1.72. The maximum atomic E-state index is 12.6. The molecule has 1 saturated carbocycles. The molecule has 1 aromatic heterocycles. The third kappa shape index (κ3) is 3.88. The van der Waals surface area contributed by atoms with Gasteiger partial charge in [-0.15, -0.1) is 11.3 Å². The second-order valence-electron chi connectivity index (χ2n) is 6.15. The minimum absolute atomic E-state index is 0.134. The van der Waals surface area contributed by atoms with Gasteiger partial charge in [0.2, 0.25) is 5.78 Å². The number of nitrogens with zero attached hydrogens (tertiary/aromatic N) is 1. The van der Waals surface area contributed by atoms with Crippen LogP contribution in [0.4, 0.5) is 0 Å². The first kappa shape index (κ1) is 15.9. The summed E-state index contributed by atoms with van der Waals surface area (Å²) in [7, 11) is 0. The van der Waals surface area contributed by atoms with Gasteiger partial charge in [0.05, 0.1) is 4.88 Å². The van der Waals surface area contributed by atoms with Crippen molar-refractivity contribution < 1.29 is 10.0 Å². The molecule has 0 unspecified atom stereocenters. The number of carbonyl (C=O) groups is 1. The van der Waals surface area contributed by atoms with Gasteiger partial charge >= 0.3 is 0 Å². The molecule has 1 fully saturated rings. The van der Waals surface area contributed by atoms with E-state index in [-0.39, 0.29) is 5.78 Å². The quantitative estimate of drug-likeness (QED) is 0.346. The molecule has 0 bridgehead atoms. The smallest absolute Gasteiger partial charge is 0.220 e. The largest absolute Gasteiger partial charge is 0.411 e. The third-order valence-corrected chi connectivity index (χ3v) is 5.45. The molecule has 1 aromatic carbocycles. The van der Waals surface area contributed by atoms with E-state index in [0.29, 0.717) is 22.9 Å². The van der Waals surface area contributed by atoms with Crippen molar-refractivity contribution in [3.05, 3.63) is 46.7 Å². The average molecular weight is 327 g/mol. The van der Waals surface area contributed by atoms with Crippen LogP contribution in [0.1, 0.15) is 48.2 Å². The van der Waals surface area contributed by atoms with Crippen molar-refractivity contribution in [3.63, 3.8) is 0 Å². The molecular formula is C19H21NO2S. The zero-order valence-electron chi connectivity index (χ0n) is 13.1. The lowest BCUT2D eigenvalue weighted by molar-refractivity contribution is 0.106. The molecule has 0 aliphatic heterocycles. The van der Waals surface area contributed by atoms with Gasteiger partial charge in [-0.25, -0.2) is 0 Å². The van der Waals surface area contributed by atoms with Crippen molar-refractivity contribution in [2.75, 3.05) is 0 Å². The lowest BCUT2D eigenvalue weighted by Gasteiger charge is -2.21. The number of ketones is 1. The molecule has 1 heterocycles. The molecule has 120 valence electrons. The highest BCUT2D eigenvalue weighted by Crippen LogP contribution is 2.29. The van der Waals surface area contributed by atoms with Crippen LogP contribution in [0.15, 0.2) is 46.9 Å². The van der Waals surface area contributed by atoms with Gasteiger partial charge in [-0.2, -0.15) is 0 Å². The Kier molecular flexibility index (Phi) is 5.23. The van der Waals surface area contributed by atoms with Gasteiger partial charge in [0, 0.05) is 0 Å². The topological polar surface area (TPSA) is 49.7 Å². The van der Waals surface area contributed by atoms with Crippen LogP contribution in [0.2, 0.25) is 0 Å².